The van der Waals surface area contributed by atoms with Gasteiger partial charge >= 0.3 is 6.09 Å². The molecule has 3 aliphatic rings. The molecule has 43 heavy (non-hydrogen) atoms. The number of phenols is 1. The van der Waals surface area contributed by atoms with E-state index in [9.17, 15) is 39.6 Å². The Balaban J connectivity index is 1.94. The molecule has 0 spiro atoms. The number of halogens is 1. The van der Waals surface area contributed by atoms with Gasteiger partial charge in [-0.2, -0.15) is 0 Å². The second-order valence-corrected chi connectivity index (χ2v) is 11.6. The summed E-state index contributed by atoms with van der Waals surface area (Å²) in [5.41, 5.74) is 1.53. The molecule has 15 heteroatoms. The monoisotopic (exact) mass is 621 g/mol. The quantitative estimate of drug-likeness (QED) is 0.145. The summed E-state index contributed by atoms with van der Waals surface area (Å²) < 4.78 is 0. The van der Waals surface area contributed by atoms with Crippen molar-refractivity contribution < 1.29 is 44.4 Å². The van der Waals surface area contributed by atoms with Crippen LogP contribution in [0.1, 0.15) is 31.4 Å². The number of hydrogen-bond donors (Lipinski definition) is 6. The number of fused-ring (bicyclic) bond motifs is 3. The summed E-state index contributed by atoms with van der Waals surface area (Å²) in [7, 11) is 6.37. The molecule has 4 rings (SSSR count). The Kier molecular flexibility index (Phi) is 8.46. The first-order chi connectivity index (χ1) is 20.0. The third-order valence-corrected chi connectivity index (χ3v) is 8.76. The van der Waals surface area contributed by atoms with E-state index in [4.69, 9.17) is 22.2 Å². The molecule has 1 aromatic rings. The van der Waals surface area contributed by atoms with Gasteiger partial charge in [-0.25, -0.2) is 4.79 Å². The number of primary amides is 1. The van der Waals surface area contributed by atoms with Crippen molar-refractivity contribution in [3.05, 3.63) is 33.1 Å². The number of nitrogens with two attached hydrogens (primary N) is 1. The fourth-order valence-electron chi connectivity index (χ4n) is 6.50. The van der Waals surface area contributed by atoms with E-state index < -0.39 is 69.9 Å². The number of Topliss-reactive ketones (excluding diaryl/α,β-unsaturated/α-hetero) is 2. The molecule has 2 amide bonds. The third-order valence-electron chi connectivity index (χ3n) is 8.39. The second kappa shape index (κ2) is 11.3. The summed E-state index contributed by atoms with van der Waals surface area (Å²) >= 11 is 6.70. The maximum absolute atomic E-state index is 14.1. The van der Waals surface area contributed by atoms with Gasteiger partial charge in [0.25, 0.3) is 5.91 Å². The van der Waals surface area contributed by atoms with Crippen molar-refractivity contribution in [3.8, 4) is 5.75 Å². The number of hydrogen-bond acceptors (Lipinski definition) is 12. The normalized spacial score (nSPS) is 25.0. The van der Waals surface area contributed by atoms with Gasteiger partial charge in [-0.15, -0.1) is 5.06 Å². The fourth-order valence-corrected chi connectivity index (χ4v) is 6.92. The highest BCUT2D eigenvalue weighted by molar-refractivity contribution is 6.37. The van der Waals surface area contributed by atoms with Crippen molar-refractivity contribution in [1.29, 1.82) is 0 Å². The fraction of sp³-hybridized carbons (Fsp3) is 0.500. The maximum Gasteiger partial charge on any atom is 0.430 e. The van der Waals surface area contributed by atoms with Crippen LogP contribution in [0.4, 0.5) is 16.2 Å². The smallest absolute Gasteiger partial charge is 0.430 e. The number of carbonyl (C=O) groups excluding carboxylic acids is 4. The number of aliphatic hydroxyl groups is 3. The Morgan fingerprint density at radius 3 is 2.23 bits per heavy atom. The largest absolute Gasteiger partial charge is 0.508 e. The molecule has 1 saturated carbocycles. The van der Waals surface area contributed by atoms with Crippen LogP contribution in [0.5, 0.6) is 5.75 Å². The minimum atomic E-state index is -2.77. The van der Waals surface area contributed by atoms with Gasteiger partial charge in [0.2, 0.25) is 5.78 Å². The first-order valence-corrected chi connectivity index (χ1v) is 14.0. The van der Waals surface area contributed by atoms with Crippen LogP contribution in [0.25, 0.3) is 5.76 Å². The number of carbonyl (C=O) groups is 4. The molecule has 7 N–H and O–H groups in total. The highest BCUT2D eigenvalue weighted by Crippen LogP contribution is 2.56. The van der Waals surface area contributed by atoms with E-state index in [1.165, 1.54) is 24.1 Å². The van der Waals surface area contributed by atoms with Crippen LogP contribution in [-0.4, -0.2) is 107 Å². The summed E-state index contributed by atoms with van der Waals surface area (Å²) in [6, 6.07) is -1.20. The molecule has 14 nitrogen and oxygen atoms in total. The van der Waals surface area contributed by atoms with Crippen molar-refractivity contribution in [2.24, 2.45) is 17.6 Å². The summed E-state index contributed by atoms with van der Waals surface area (Å²) in [5, 5.41) is 49.4. The zero-order chi connectivity index (χ0) is 32.3. The molecule has 1 fully saturated rings. The zero-order valence-electron chi connectivity index (χ0n) is 24.7. The third kappa shape index (κ3) is 4.78. The van der Waals surface area contributed by atoms with Crippen LogP contribution in [0.3, 0.4) is 0 Å². The summed E-state index contributed by atoms with van der Waals surface area (Å²) in [4.78, 5) is 60.4. The second-order valence-electron chi connectivity index (χ2n) is 11.2. The molecule has 0 heterocycles. The van der Waals surface area contributed by atoms with Gasteiger partial charge in [0.15, 0.2) is 17.1 Å². The van der Waals surface area contributed by atoms with Crippen LogP contribution < -0.4 is 16.0 Å². The summed E-state index contributed by atoms with van der Waals surface area (Å²) in [6.45, 7) is 4.31. The number of likely N-dealkylation sites (N-methyl/N-ethyl adjacent to an activating group) is 1. The molecule has 0 bridgehead atoms. The molecule has 3 aliphatic carbocycles. The number of hydroxylamine groups is 2. The lowest BCUT2D eigenvalue weighted by atomic mass is 9.57. The summed E-state index contributed by atoms with van der Waals surface area (Å²) in [5.74, 6) is -7.87. The van der Waals surface area contributed by atoms with Crippen LogP contribution in [0, 0.1) is 11.8 Å². The van der Waals surface area contributed by atoms with Gasteiger partial charge in [0.1, 0.15) is 22.8 Å². The Morgan fingerprint density at radius 2 is 1.72 bits per heavy atom. The number of amides is 2. The minimum absolute atomic E-state index is 0.0273. The summed E-state index contributed by atoms with van der Waals surface area (Å²) in [6.07, 6.45) is -1.01. The van der Waals surface area contributed by atoms with Gasteiger partial charge in [-0.05, 0) is 52.3 Å². The molecule has 4 atom stereocenters. The minimum Gasteiger partial charge on any atom is -0.508 e. The number of nitrogens with one attached hydrogen (secondary N) is 1. The topological polar surface area (TPSA) is 206 Å². The van der Waals surface area contributed by atoms with Crippen LogP contribution in [-0.2, 0) is 25.6 Å². The van der Waals surface area contributed by atoms with E-state index in [0.29, 0.717) is 24.3 Å². The highest BCUT2D eigenvalue weighted by Gasteiger charge is 2.64. The molecule has 0 aliphatic heterocycles. The number of aromatic hydroxyl groups is 1. The van der Waals surface area contributed by atoms with Crippen molar-refractivity contribution >= 4 is 52.3 Å². The molecule has 234 valence electrons. The number of anilines is 2. The first kappa shape index (κ1) is 32.1. The van der Waals surface area contributed by atoms with E-state index in [1.807, 2.05) is 0 Å². The van der Waals surface area contributed by atoms with Crippen molar-refractivity contribution in [2.45, 2.75) is 38.3 Å². The van der Waals surface area contributed by atoms with Crippen LogP contribution in [0.15, 0.2) is 16.9 Å². The lowest BCUT2D eigenvalue weighted by Gasteiger charge is -2.50. The predicted octanol–water partition coefficient (Wildman–Crippen LogP) is 1.49. The van der Waals surface area contributed by atoms with E-state index in [1.54, 1.807) is 32.8 Å². The molecular weight excluding hydrogens is 586 g/mol. The SMILES string of the molecule is CCN(CC)OC(=O)Nc1c(O)c2c(c(N(C)C)c1Cl)CC1CC3[C@H](N(C)C)C(=O)C(C(N)=O)=C(O)[C@@]3(O)C(=O)C1=C2O. The van der Waals surface area contributed by atoms with Gasteiger partial charge in [0, 0.05) is 38.7 Å². The predicted molar refractivity (Wildman–Crippen MR) is 157 cm³/mol. The van der Waals surface area contributed by atoms with E-state index in [-0.39, 0.29) is 34.7 Å². The lowest BCUT2D eigenvalue weighted by molar-refractivity contribution is -0.153. The lowest BCUT2D eigenvalue weighted by Crippen LogP contribution is -2.65. The maximum atomic E-state index is 14.1. The van der Waals surface area contributed by atoms with E-state index >= 15 is 0 Å². The number of rotatable bonds is 7. The Labute approximate surface area is 252 Å². The van der Waals surface area contributed by atoms with Gasteiger partial charge in [0.05, 0.1) is 22.3 Å². The molecule has 1 aromatic carbocycles. The average Bonchev–Trinajstić information content (AvgIpc) is 2.91. The van der Waals surface area contributed by atoms with Crippen LogP contribution in [0.2, 0.25) is 5.02 Å². The molecule has 0 radical (unpaired) electrons. The number of aliphatic hydroxyl groups excluding tert-OH is 2. The molecule has 0 saturated heterocycles. The standard InChI is InChI=1S/C28H36ClN5O9/c1-7-34(8-2)43-27(41)31-18-17(29)19(32(3)4)12-9-11-10-13-20(33(5)6)23(37)16(26(30)40)25(39)28(13,42)24(38)14(11)21(35)15(12)22(18)36/h11,13,20,35-36,39,42H,7-10H2,1-6H3,(H2,30,40)(H,31,41)/t11?,13?,20-,28-/m0/s1. The van der Waals surface area contributed by atoms with Crippen molar-refractivity contribution in [2.75, 3.05) is 51.5 Å². The first-order valence-electron chi connectivity index (χ1n) is 13.7. The molecular formula is C28H36ClN5O9. The van der Waals surface area contributed by atoms with E-state index in [0.717, 1.165) is 0 Å². The Morgan fingerprint density at radius 1 is 1.12 bits per heavy atom. The van der Waals surface area contributed by atoms with Crippen LogP contribution >= 0.6 is 11.6 Å². The van der Waals surface area contributed by atoms with Crippen molar-refractivity contribution in [3.63, 3.8) is 0 Å². The van der Waals surface area contributed by atoms with Gasteiger partial charge in [-0.1, -0.05) is 11.6 Å². The number of ketones is 2. The molecule has 2 unspecified atom stereocenters. The highest BCUT2D eigenvalue weighted by atomic mass is 35.5. The molecule has 0 aromatic heterocycles. The average molecular weight is 622 g/mol. The Hall–Kier alpha value is -3.85. The van der Waals surface area contributed by atoms with Gasteiger partial charge < -0.3 is 35.9 Å². The zero-order valence-corrected chi connectivity index (χ0v) is 25.4. The van der Waals surface area contributed by atoms with Gasteiger partial charge in [-0.3, -0.25) is 24.6 Å². The number of benzene rings is 1. The number of nitrogens with zero attached hydrogens (tertiary/aromatic N) is 3. The van der Waals surface area contributed by atoms with Crippen molar-refractivity contribution in [1.82, 2.24) is 9.96 Å². The Bertz CT molecular complexity index is 1480. The van der Waals surface area contributed by atoms with E-state index in [2.05, 4.69) is 5.32 Å². The number of phenolic OH excluding ortho intramolecular Hbond substituents is 1.